The number of hydrogen-bond donors (Lipinski definition) is 2. The number of aromatic amines is 1. The molecule has 0 aliphatic carbocycles. The van der Waals surface area contributed by atoms with Crippen LogP contribution >= 0.6 is 0 Å². The van der Waals surface area contributed by atoms with Gasteiger partial charge in [-0.05, 0) is 29.3 Å². The first-order valence-corrected chi connectivity index (χ1v) is 6.29. The van der Waals surface area contributed by atoms with Gasteiger partial charge in [0, 0.05) is 11.9 Å². The molecule has 1 amide bonds. The fourth-order valence-electron chi connectivity index (χ4n) is 1.99. The van der Waals surface area contributed by atoms with Crippen LogP contribution in [0.15, 0.2) is 66.9 Å². The minimum atomic E-state index is -0.201. The Bertz CT molecular complexity index is 706. The molecule has 0 saturated heterocycles. The molecule has 4 heteroatoms. The van der Waals surface area contributed by atoms with Crippen molar-refractivity contribution in [3.63, 3.8) is 0 Å². The smallest absolute Gasteiger partial charge is 0.273 e. The minimum Gasteiger partial charge on any atom is -0.321 e. The van der Waals surface area contributed by atoms with Crippen LogP contribution in [0.25, 0.3) is 11.1 Å². The summed E-state index contributed by atoms with van der Waals surface area (Å²) >= 11 is 0. The number of nitrogens with one attached hydrogen (secondary N) is 2. The molecule has 20 heavy (non-hydrogen) atoms. The largest absolute Gasteiger partial charge is 0.321 e. The van der Waals surface area contributed by atoms with Crippen LogP contribution in [0.3, 0.4) is 0 Å². The number of aromatic nitrogens is 2. The molecule has 3 rings (SSSR count). The molecule has 3 aromatic rings. The van der Waals surface area contributed by atoms with Gasteiger partial charge in [0.05, 0.1) is 0 Å². The number of nitrogens with zero attached hydrogens (tertiary/aromatic N) is 1. The highest BCUT2D eigenvalue weighted by Crippen LogP contribution is 2.22. The first kappa shape index (κ1) is 12.2. The van der Waals surface area contributed by atoms with Crippen LogP contribution in [0.2, 0.25) is 0 Å². The number of hydrogen-bond acceptors (Lipinski definition) is 2. The van der Waals surface area contributed by atoms with Crippen molar-refractivity contribution in [3.8, 4) is 11.1 Å². The fraction of sp³-hybridized carbons (Fsp3) is 0. The SMILES string of the molecule is O=C(Nc1cccc(-c2ccccc2)c1)c1ccn[nH]1. The van der Waals surface area contributed by atoms with Crippen LogP contribution in [0.5, 0.6) is 0 Å². The molecule has 0 saturated carbocycles. The number of anilines is 1. The molecule has 0 spiro atoms. The molecule has 0 bridgehead atoms. The lowest BCUT2D eigenvalue weighted by Gasteiger charge is -2.06. The van der Waals surface area contributed by atoms with E-state index in [-0.39, 0.29) is 5.91 Å². The van der Waals surface area contributed by atoms with Crippen LogP contribution in [0.1, 0.15) is 10.5 Å². The number of amides is 1. The highest BCUT2D eigenvalue weighted by molar-refractivity contribution is 6.03. The zero-order valence-electron chi connectivity index (χ0n) is 10.7. The predicted molar refractivity (Wildman–Crippen MR) is 78.4 cm³/mol. The second kappa shape index (κ2) is 5.40. The van der Waals surface area contributed by atoms with Gasteiger partial charge in [0.1, 0.15) is 5.69 Å². The lowest BCUT2D eigenvalue weighted by atomic mass is 10.1. The van der Waals surface area contributed by atoms with Crippen LogP contribution in [-0.4, -0.2) is 16.1 Å². The van der Waals surface area contributed by atoms with Crippen molar-refractivity contribution in [1.29, 1.82) is 0 Å². The second-order valence-electron chi connectivity index (χ2n) is 4.37. The minimum absolute atomic E-state index is 0.201. The van der Waals surface area contributed by atoms with Crippen LogP contribution in [-0.2, 0) is 0 Å². The van der Waals surface area contributed by atoms with Crippen LogP contribution < -0.4 is 5.32 Å². The average Bonchev–Trinajstić information content (AvgIpc) is 3.03. The van der Waals surface area contributed by atoms with Gasteiger partial charge in [-0.1, -0.05) is 42.5 Å². The third-order valence-electron chi connectivity index (χ3n) is 2.97. The summed E-state index contributed by atoms with van der Waals surface area (Å²) in [5.74, 6) is -0.201. The van der Waals surface area contributed by atoms with E-state index in [0.29, 0.717) is 5.69 Å². The van der Waals surface area contributed by atoms with Crippen molar-refractivity contribution in [1.82, 2.24) is 10.2 Å². The van der Waals surface area contributed by atoms with Crippen molar-refractivity contribution in [2.24, 2.45) is 0 Å². The van der Waals surface area contributed by atoms with Gasteiger partial charge >= 0.3 is 0 Å². The van der Waals surface area contributed by atoms with E-state index in [1.165, 1.54) is 0 Å². The van der Waals surface area contributed by atoms with E-state index in [9.17, 15) is 4.79 Å². The number of carbonyl (C=O) groups is 1. The van der Waals surface area contributed by atoms with Crippen molar-refractivity contribution < 1.29 is 4.79 Å². The van der Waals surface area contributed by atoms with E-state index in [4.69, 9.17) is 0 Å². The maximum absolute atomic E-state index is 11.9. The zero-order valence-corrected chi connectivity index (χ0v) is 10.7. The Morgan fingerprint density at radius 1 is 0.950 bits per heavy atom. The zero-order chi connectivity index (χ0) is 13.8. The van der Waals surface area contributed by atoms with Crippen LogP contribution in [0, 0.1) is 0 Å². The Hall–Kier alpha value is -2.88. The topological polar surface area (TPSA) is 57.8 Å². The van der Waals surface area contributed by atoms with E-state index in [1.54, 1.807) is 12.3 Å². The third-order valence-corrected chi connectivity index (χ3v) is 2.97. The molecule has 1 aromatic heterocycles. The van der Waals surface area contributed by atoms with E-state index >= 15 is 0 Å². The van der Waals surface area contributed by atoms with E-state index in [2.05, 4.69) is 15.5 Å². The maximum atomic E-state index is 11.9. The molecule has 0 radical (unpaired) electrons. The Morgan fingerprint density at radius 2 is 1.75 bits per heavy atom. The highest BCUT2D eigenvalue weighted by Gasteiger charge is 2.07. The van der Waals surface area contributed by atoms with Crippen molar-refractivity contribution in [3.05, 3.63) is 72.6 Å². The second-order valence-corrected chi connectivity index (χ2v) is 4.37. The van der Waals surface area contributed by atoms with E-state index < -0.39 is 0 Å². The molecule has 4 nitrogen and oxygen atoms in total. The summed E-state index contributed by atoms with van der Waals surface area (Å²) in [6, 6.07) is 19.4. The van der Waals surface area contributed by atoms with E-state index in [1.807, 2.05) is 54.6 Å². The normalized spacial score (nSPS) is 10.2. The van der Waals surface area contributed by atoms with Gasteiger partial charge < -0.3 is 5.32 Å². The first-order valence-electron chi connectivity index (χ1n) is 6.29. The summed E-state index contributed by atoms with van der Waals surface area (Å²) < 4.78 is 0. The summed E-state index contributed by atoms with van der Waals surface area (Å²) in [5, 5.41) is 9.25. The molecule has 0 fully saturated rings. The summed E-state index contributed by atoms with van der Waals surface area (Å²) in [6.07, 6.45) is 1.55. The Balaban J connectivity index is 1.83. The lowest BCUT2D eigenvalue weighted by Crippen LogP contribution is -2.12. The Labute approximate surface area is 116 Å². The molecule has 1 heterocycles. The Kier molecular flexibility index (Phi) is 3.29. The number of carbonyl (C=O) groups excluding carboxylic acids is 1. The van der Waals surface area contributed by atoms with E-state index in [0.717, 1.165) is 16.8 Å². The van der Waals surface area contributed by atoms with Gasteiger partial charge in [-0.15, -0.1) is 0 Å². The number of rotatable bonds is 3. The van der Waals surface area contributed by atoms with Crippen LogP contribution in [0.4, 0.5) is 5.69 Å². The molecule has 0 unspecified atom stereocenters. The van der Waals surface area contributed by atoms with Gasteiger partial charge in [0.15, 0.2) is 0 Å². The number of benzene rings is 2. The first-order chi connectivity index (χ1) is 9.83. The molecule has 0 aliphatic rings. The molecule has 2 aromatic carbocycles. The fourth-order valence-corrected chi connectivity index (χ4v) is 1.99. The van der Waals surface area contributed by atoms with Crippen molar-refractivity contribution >= 4 is 11.6 Å². The third kappa shape index (κ3) is 2.59. The number of H-pyrrole nitrogens is 1. The molecular weight excluding hydrogens is 250 g/mol. The standard InChI is InChI=1S/C16H13N3O/c20-16(15-9-10-17-19-15)18-14-8-4-7-13(11-14)12-5-2-1-3-6-12/h1-11H,(H,17,19)(H,18,20). The van der Waals surface area contributed by atoms with Gasteiger partial charge in [0.2, 0.25) is 0 Å². The maximum Gasteiger partial charge on any atom is 0.273 e. The van der Waals surface area contributed by atoms with Gasteiger partial charge in [-0.2, -0.15) is 5.10 Å². The summed E-state index contributed by atoms with van der Waals surface area (Å²) in [7, 11) is 0. The molecule has 2 N–H and O–H groups in total. The molecule has 0 atom stereocenters. The Morgan fingerprint density at radius 3 is 2.50 bits per heavy atom. The van der Waals surface area contributed by atoms with Gasteiger partial charge in [-0.25, -0.2) is 0 Å². The quantitative estimate of drug-likeness (QED) is 0.761. The predicted octanol–water partition coefficient (Wildman–Crippen LogP) is 3.33. The monoisotopic (exact) mass is 263 g/mol. The summed E-state index contributed by atoms with van der Waals surface area (Å²) in [5.41, 5.74) is 3.37. The van der Waals surface area contributed by atoms with Crippen molar-refractivity contribution in [2.45, 2.75) is 0 Å². The van der Waals surface area contributed by atoms with Gasteiger partial charge in [-0.3, -0.25) is 9.89 Å². The molecular formula is C16H13N3O. The molecule has 0 aliphatic heterocycles. The lowest BCUT2D eigenvalue weighted by molar-refractivity contribution is 0.102. The average molecular weight is 263 g/mol. The molecule has 98 valence electrons. The van der Waals surface area contributed by atoms with Gasteiger partial charge in [0.25, 0.3) is 5.91 Å². The summed E-state index contributed by atoms with van der Waals surface area (Å²) in [6.45, 7) is 0. The summed E-state index contributed by atoms with van der Waals surface area (Å²) in [4.78, 5) is 11.9. The highest BCUT2D eigenvalue weighted by atomic mass is 16.1. The van der Waals surface area contributed by atoms with Crippen molar-refractivity contribution in [2.75, 3.05) is 5.32 Å².